The van der Waals surface area contributed by atoms with Crippen LogP contribution in [0.5, 0.6) is 0 Å². The van der Waals surface area contributed by atoms with Crippen LogP contribution < -0.4 is 0 Å². The standard InChI is InChI=1S/C17H22N2OS/c1-13-6-5-11-19(12-13)17(20)10-4-9-16-18-14-7-2-3-8-15(14)21-16/h2-3,7-8,13H,4-6,9-12H2,1H3. The number of piperidine rings is 1. The van der Waals surface area contributed by atoms with E-state index in [2.05, 4.69) is 24.0 Å². The van der Waals surface area contributed by atoms with Crippen molar-refractivity contribution in [2.45, 2.75) is 39.0 Å². The van der Waals surface area contributed by atoms with Gasteiger partial charge in [-0.15, -0.1) is 11.3 Å². The smallest absolute Gasteiger partial charge is 0.222 e. The maximum atomic E-state index is 12.2. The molecule has 1 amide bonds. The average Bonchev–Trinajstić information content (AvgIpc) is 2.89. The van der Waals surface area contributed by atoms with Crippen LogP contribution in [0.1, 0.15) is 37.6 Å². The van der Waals surface area contributed by atoms with Gasteiger partial charge in [0, 0.05) is 19.5 Å². The van der Waals surface area contributed by atoms with Crippen molar-refractivity contribution in [1.29, 1.82) is 0 Å². The Labute approximate surface area is 130 Å². The minimum absolute atomic E-state index is 0.322. The van der Waals surface area contributed by atoms with Crippen LogP contribution in [0, 0.1) is 5.92 Å². The first-order valence-electron chi connectivity index (χ1n) is 7.84. The molecular weight excluding hydrogens is 280 g/mol. The van der Waals surface area contributed by atoms with Crippen molar-refractivity contribution < 1.29 is 4.79 Å². The summed E-state index contributed by atoms with van der Waals surface area (Å²) in [6.07, 6.45) is 4.89. The second-order valence-corrected chi connectivity index (χ2v) is 7.13. The average molecular weight is 302 g/mol. The normalized spacial score (nSPS) is 19.1. The molecule has 1 aliphatic rings. The van der Waals surface area contributed by atoms with Gasteiger partial charge < -0.3 is 4.90 Å². The molecule has 2 aromatic rings. The van der Waals surface area contributed by atoms with Gasteiger partial charge >= 0.3 is 0 Å². The topological polar surface area (TPSA) is 33.2 Å². The Kier molecular flexibility index (Phi) is 4.54. The SMILES string of the molecule is CC1CCCN(C(=O)CCCc2nc3ccccc3s2)C1. The summed E-state index contributed by atoms with van der Waals surface area (Å²) in [5, 5.41) is 1.15. The van der Waals surface area contributed by atoms with Crippen molar-refractivity contribution in [3.05, 3.63) is 29.3 Å². The zero-order valence-electron chi connectivity index (χ0n) is 12.5. The highest BCUT2D eigenvalue weighted by atomic mass is 32.1. The van der Waals surface area contributed by atoms with Gasteiger partial charge in [-0.2, -0.15) is 0 Å². The zero-order chi connectivity index (χ0) is 14.7. The number of aromatic nitrogens is 1. The van der Waals surface area contributed by atoms with Crippen molar-refractivity contribution in [3.63, 3.8) is 0 Å². The molecule has 1 unspecified atom stereocenters. The van der Waals surface area contributed by atoms with E-state index in [0.29, 0.717) is 18.2 Å². The third kappa shape index (κ3) is 3.62. The number of likely N-dealkylation sites (tertiary alicyclic amines) is 1. The van der Waals surface area contributed by atoms with E-state index in [1.807, 2.05) is 17.0 Å². The lowest BCUT2D eigenvalue weighted by Crippen LogP contribution is -2.38. The molecule has 21 heavy (non-hydrogen) atoms. The molecule has 0 bridgehead atoms. The van der Waals surface area contributed by atoms with Crippen LogP contribution in [0.3, 0.4) is 0 Å². The van der Waals surface area contributed by atoms with Crippen molar-refractivity contribution in [2.24, 2.45) is 5.92 Å². The highest BCUT2D eigenvalue weighted by molar-refractivity contribution is 7.18. The lowest BCUT2D eigenvalue weighted by atomic mass is 10.00. The number of carbonyl (C=O) groups excluding carboxylic acids is 1. The third-order valence-electron chi connectivity index (χ3n) is 4.13. The number of thiazole rings is 1. The van der Waals surface area contributed by atoms with Crippen LogP contribution in [0.25, 0.3) is 10.2 Å². The summed E-state index contributed by atoms with van der Waals surface area (Å²) in [5.41, 5.74) is 1.08. The maximum Gasteiger partial charge on any atom is 0.222 e. The molecule has 0 saturated carbocycles. The summed E-state index contributed by atoms with van der Waals surface area (Å²) in [4.78, 5) is 18.9. The second-order valence-electron chi connectivity index (χ2n) is 6.02. The second kappa shape index (κ2) is 6.56. The van der Waals surface area contributed by atoms with E-state index in [1.54, 1.807) is 11.3 Å². The molecule has 0 spiro atoms. The first kappa shape index (κ1) is 14.5. The predicted molar refractivity (Wildman–Crippen MR) is 87.5 cm³/mol. The minimum atomic E-state index is 0.322. The molecule has 3 rings (SSSR count). The van der Waals surface area contributed by atoms with Crippen molar-refractivity contribution >= 4 is 27.5 Å². The van der Waals surface area contributed by atoms with Crippen LogP contribution in [-0.2, 0) is 11.2 Å². The summed E-state index contributed by atoms with van der Waals surface area (Å²) in [6.45, 7) is 4.13. The number of hydrogen-bond acceptors (Lipinski definition) is 3. The Bertz CT molecular complexity index is 589. The number of benzene rings is 1. The molecule has 0 radical (unpaired) electrons. The van der Waals surface area contributed by atoms with Crippen LogP contribution >= 0.6 is 11.3 Å². The van der Waals surface area contributed by atoms with Crippen LogP contribution in [-0.4, -0.2) is 28.9 Å². The third-order valence-corrected chi connectivity index (χ3v) is 5.23. The highest BCUT2D eigenvalue weighted by Gasteiger charge is 2.20. The predicted octanol–water partition coefficient (Wildman–Crippen LogP) is 3.88. The molecule has 1 aromatic carbocycles. The van der Waals surface area contributed by atoms with Gasteiger partial charge in [-0.1, -0.05) is 19.1 Å². The van der Waals surface area contributed by atoms with Crippen LogP contribution in [0.4, 0.5) is 0 Å². The molecule has 1 atom stereocenters. The summed E-state index contributed by atoms with van der Waals surface area (Å²) in [7, 11) is 0. The number of para-hydroxylation sites is 1. The van der Waals surface area contributed by atoms with Crippen molar-refractivity contribution in [2.75, 3.05) is 13.1 Å². The first-order valence-corrected chi connectivity index (χ1v) is 8.66. The molecule has 112 valence electrons. The Balaban J connectivity index is 1.50. The van der Waals surface area contributed by atoms with E-state index in [4.69, 9.17) is 0 Å². The molecule has 3 nitrogen and oxygen atoms in total. The largest absolute Gasteiger partial charge is 0.342 e. The van der Waals surface area contributed by atoms with Gasteiger partial charge in [0.05, 0.1) is 15.2 Å². The highest BCUT2D eigenvalue weighted by Crippen LogP contribution is 2.23. The van der Waals surface area contributed by atoms with E-state index >= 15 is 0 Å². The first-order chi connectivity index (χ1) is 10.2. The molecule has 1 fully saturated rings. The number of carbonyl (C=O) groups is 1. The maximum absolute atomic E-state index is 12.2. The molecule has 1 aromatic heterocycles. The number of nitrogens with zero attached hydrogens (tertiary/aromatic N) is 2. The monoisotopic (exact) mass is 302 g/mol. The molecular formula is C17H22N2OS. The van der Waals surface area contributed by atoms with Gasteiger partial charge in [0.15, 0.2) is 0 Å². The lowest BCUT2D eigenvalue weighted by molar-refractivity contribution is -0.132. The fourth-order valence-electron chi connectivity index (χ4n) is 2.99. The Morgan fingerprint density at radius 1 is 1.43 bits per heavy atom. The summed E-state index contributed by atoms with van der Waals surface area (Å²) >= 11 is 1.75. The number of amides is 1. The van der Waals surface area contributed by atoms with E-state index < -0.39 is 0 Å². The minimum Gasteiger partial charge on any atom is -0.342 e. The molecule has 4 heteroatoms. The van der Waals surface area contributed by atoms with Crippen LogP contribution in [0.15, 0.2) is 24.3 Å². The number of aryl methyl sites for hydroxylation is 1. The van der Waals surface area contributed by atoms with E-state index in [1.165, 1.54) is 11.1 Å². The Morgan fingerprint density at radius 2 is 2.29 bits per heavy atom. The quantitative estimate of drug-likeness (QED) is 0.859. The summed E-state index contributed by atoms with van der Waals surface area (Å²) in [6, 6.07) is 8.23. The lowest BCUT2D eigenvalue weighted by Gasteiger charge is -2.31. The van der Waals surface area contributed by atoms with Gasteiger partial charge in [-0.25, -0.2) is 4.98 Å². The number of rotatable bonds is 4. The van der Waals surface area contributed by atoms with E-state index in [-0.39, 0.29) is 0 Å². The van der Waals surface area contributed by atoms with E-state index in [9.17, 15) is 4.79 Å². The Morgan fingerprint density at radius 3 is 3.10 bits per heavy atom. The molecule has 1 saturated heterocycles. The van der Waals surface area contributed by atoms with Crippen molar-refractivity contribution in [1.82, 2.24) is 9.88 Å². The van der Waals surface area contributed by atoms with Crippen molar-refractivity contribution in [3.8, 4) is 0 Å². The van der Waals surface area contributed by atoms with Crippen LogP contribution in [0.2, 0.25) is 0 Å². The molecule has 0 N–H and O–H groups in total. The zero-order valence-corrected chi connectivity index (χ0v) is 13.4. The fourth-order valence-corrected chi connectivity index (χ4v) is 4.00. The fraction of sp³-hybridized carbons (Fsp3) is 0.529. The number of fused-ring (bicyclic) bond motifs is 1. The summed E-state index contributed by atoms with van der Waals surface area (Å²) in [5.74, 6) is 0.981. The molecule has 1 aliphatic heterocycles. The Hall–Kier alpha value is -1.42. The van der Waals surface area contributed by atoms with Gasteiger partial charge in [-0.05, 0) is 43.7 Å². The summed E-state index contributed by atoms with van der Waals surface area (Å²) < 4.78 is 1.24. The van der Waals surface area contributed by atoms with Gasteiger partial charge in [-0.3, -0.25) is 4.79 Å². The molecule has 0 aliphatic carbocycles. The van der Waals surface area contributed by atoms with Gasteiger partial charge in [0.1, 0.15) is 0 Å². The van der Waals surface area contributed by atoms with Gasteiger partial charge in [0.2, 0.25) is 5.91 Å². The molecule has 2 heterocycles. The van der Waals surface area contributed by atoms with Gasteiger partial charge in [0.25, 0.3) is 0 Å². The number of hydrogen-bond donors (Lipinski definition) is 0. The van der Waals surface area contributed by atoms with E-state index in [0.717, 1.165) is 42.9 Å².